The highest BCUT2D eigenvalue weighted by molar-refractivity contribution is 5.79. The molecule has 1 aliphatic heterocycles. The van der Waals surface area contributed by atoms with Crippen LogP contribution in [-0.2, 0) is 13.0 Å². The van der Waals surface area contributed by atoms with Crippen molar-refractivity contribution in [1.82, 2.24) is 9.55 Å². The molecule has 0 saturated heterocycles. The lowest BCUT2D eigenvalue weighted by Gasteiger charge is -2.11. The van der Waals surface area contributed by atoms with E-state index < -0.39 is 0 Å². The van der Waals surface area contributed by atoms with Gasteiger partial charge in [-0.15, -0.1) is 0 Å². The molecule has 0 unspecified atom stereocenters. The number of nitrogens with zero attached hydrogens (tertiary/aromatic N) is 2. The van der Waals surface area contributed by atoms with Crippen LogP contribution in [0.1, 0.15) is 51.3 Å². The number of hydrogen-bond donors (Lipinski definition) is 0. The van der Waals surface area contributed by atoms with E-state index in [0.717, 1.165) is 49.3 Å². The lowest BCUT2D eigenvalue weighted by molar-refractivity contribution is 0.306. The van der Waals surface area contributed by atoms with E-state index in [9.17, 15) is 4.79 Å². The molecule has 0 radical (unpaired) electrons. The topological polar surface area (TPSA) is 44.1 Å². The molecule has 1 aromatic carbocycles. The van der Waals surface area contributed by atoms with Crippen molar-refractivity contribution in [3.8, 4) is 5.75 Å². The highest BCUT2D eigenvalue weighted by atomic mass is 16.5. The smallest absolute Gasteiger partial charge is 0.261 e. The fraction of sp³-hybridized carbons (Fsp3) is 0.556. The largest absolute Gasteiger partial charge is 0.494 e. The number of aromatic nitrogens is 2. The molecule has 3 rings (SSSR count). The Morgan fingerprint density at radius 1 is 1.23 bits per heavy atom. The number of hydrogen-bond acceptors (Lipinski definition) is 3. The molecule has 2 heterocycles. The first kappa shape index (κ1) is 15.1. The number of unbranched alkanes of at least 4 members (excludes halogenated alkanes) is 2. The van der Waals surface area contributed by atoms with Crippen molar-refractivity contribution in [2.24, 2.45) is 0 Å². The minimum atomic E-state index is 0.0842. The maximum Gasteiger partial charge on any atom is 0.261 e. The second-order valence-corrected chi connectivity index (χ2v) is 6.03. The van der Waals surface area contributed by atoms with Crippen molar-refractivity contribution >= 4 is 10.9 Å². The number of aryl methyl sites for hydroxylation is 1. The zero-order chi connectivity index (χ0) is 15.4. The van der Waals surface area contributed by atoms with Crippen LogP contribution in [0.15, 0.2) is 23.0 Å². The molecule has 0 spiro atoms. The molecule has 0 saturated carbocycles. The summed E-state index contributed by atoms with van der Waals surface area (Å²) in [5, 5.41) is 0.679. The van der Waals surface area contributed by atoms with Crippen LogP contribution in [-0.4, -0.2) is 16.2 Å². The van der Waals surface area contributed by atoms with Crippen LogP contribution in [0.25, 0.3) is 10.9 Å². The zero-order valence-corrected chi connectivity index (χ0v) is 13.3. The predicted octanol–water partition coefficient (Wildman–Crippen LogP) is 3.69. The van der Waals surface area contributed by atoms with E-state index >= 15 is 0 Å². The van der Waals surface area contributed by atoms with E-state index in [1.54, 1.807) is 0 Å². The first-order valence-electron chi connectivity index (χ1n) is 8.46. The van der Waals surface area contributed by atoms with Gasteiger partial charge in [0.25, 0.3) is 5.56 Å². The van der Waals surface area contributed by atoms with Crippen molar-refractivity contribution in [3.63, 3.8) is 0 Å². The second kappa shape index (κ2) is 6.95. The summed E-state index contributed by atoms with van der Waals surface area (Å²) in [5.41, 5.74) is 0.875. The van der Waals surface area contributed by atoms with Gasteiger partial charge in [-0.05, 0) is 37.5 Å². The first-order valence-corrected chi connectivity index (χ1v) is 8.46. The Morgan fingerprint density at radius 2 is 2.14 bits per heavy atom. The average molecular weight is 300 g/mol. The summed E-state index contributed by atoms with van der Waals surface area (Å²) in [5.74, 6) is 1.71. The predicted molar refractivity (Wildman–Crippen MR) is 88.6 cm³/mol. The van der Waals surface area contributed by atoms with Gasteiger partial charge in [0.15, 0.2) is 0 Å². The molecule has 0 aliphatic carbocycles. The average Bonchev–Trinajstić information content (AvgIpc) is 2.78. The van der Waals surface area contributed by atoms with Crippen LogP contribution in [0.5, 0.6) is 5.75 Å². The van der Waals surface area contributed by atoms with Crippen molar-refractivity contribution in [3.05, 3.63) is 34.4 Å². The minimum Gasteiger partial charge on any atom is -0.494 e. The van der Waals surface area contributed by atoms with E-state index in [2.05, 4.69) is 6.92 Å². The molecule has 0 bridgehead atoms. The number of ether oxygens (including phenoxy) is 1. The Bertz CT molecular complexity index is 706. The third-order valence-electron chi connectivity index (χ3n) is 4.30. The quantitative estimate of drug-likeness (QED) is 0.791. The van der Waals surface area contributed by atoms with Gasteiger partial charge in [-0.1, -0.05) is 26.2 Å². The van der Waals surface area contributed by atoms with Crippen molar-refractivity contribution < 1.29 is 4.74 Å². The van der Waals surface area contributed by atoms with Crippen LogP contribution in [0.4, 0.5) is 0 Å². The summed E-state index contributed by atoms with van der Waals surface area (Å²) in [6, 6.07) is 5.70. The van der Waals surface area contributed by atoms with E-state index in [0.29, 0.717) is 12.0 Å². The van der Waals surface area contributed by atoms with Gasteiger partial charge >= 0.3 is 0 Å². The molecule has 4 heteroatoms. The monoisotopic (exact) mass is 300 g/mol. The Balaban J connectivity index is 1.91. The molecule has 4 nitrogen and oxygen atoms in total. The van der Waals surface area contributed by atoms with E-state index in [4.69, 9.17) is 9.72 Å². The van der Waals surface area contributed by atoms with Crippen molar-refractivity contribution in [2.75, 3.05) is 6.61 Å². The summed E-state index contributed by atoms with van der Waals surface area (Å²) >= 11 is 0. The number of rotatable bonds is 5. The number of fused-ring (bicyclic) bond motifs is 2. The van der Waals surface area contributed by atoms with Gasteiger partial charge in [0.1, 0.15) is 11.6 Å². The Morgan fingerprint density at radius 3 is 3.00 bits per heavy atom. The maximum atomic E-state index is 12.7. The Kier molecular flexibility index (Phi) is 4.76. The summed E-state index contributed by atoms with van der Waals surface area (Å²) in [4.78, 5) is 17.4. The SMILES string of the molecule is CCCCCOc1ccc2nc3n(c(=O)c2c1)CCCCC3. The molecule has 1 aromatic heterocycles. The summed E-state index contributed by atoms with van der Waals surface area (Å²) in [6.07, 6.45) is 7.66. The van der Waals surface area contributed by atoms with Crippen molar-refractivity contribution in [1.29, 1.82) is 0 Å². The molecule has 0 fully saturated rings. The fourth-order valence-electron chi connectivity index (χ4n) is 3.03. The molecule has 2 aromatic rings. The number of benzene rings is 1. The minimum absolute atomic E-state index is 0.0842. The van der Waals surface area contributed by atoms with Crippen molar-refractivity contribution in [2.45, 2.75) is 58.4 Å². The van der Waals surface area contributed by atoms with Crippen LogP contribution >= 0.6 is 0 Å². The van der Waals surface area contributed by atoms with Crippen LogP contribution in [0, 0.1) is 0 Å². The molecule has 22 heavy (non-hydrogen) atoms. The lowest BCUT2D eigenvalue weighted by atomic mass is 10.2. The first-order chi connectivity index (χ1) is 10.8. The van der Waals surface area contributed by atoms with Crippen LogP contribution < -0.4 is 10.3 Å². The van der Waals surface area contributed by atoms with Gasteiger partial charge in [-0.3, -0.25) is 9.36 Å². The molecule has 118 valence electrons. The van der Waals surface area contributed by atoms with E-state index in [1.165, 1.54) is 19.3 Å². The van der Waals surface area contributed by atoms with Crippen LogP contribution in [0.2, 0.25) is 0 Å². The highest BCUT2D eigenvalue weighted by Gasteiger charge is 2.14. The second-order valence-electron chi connectivity index (χ2n) is 6.03. The maximum absolute atomic E-state index is 12.7. The fourth-order valence-corrected chi connectivity index (χ4v) is 3.03. The van der Waals surface area contributed by atoms with Gasteiger partial charge in [0.05, 0.1) is 17.5 Å². The Hall–Kier alpha value is -1.84. The van der Waals surface area contributed by atoms with Gasteiger partial charge in [-0.25, -0.2) is 4.98 Å². The lowest BCUT2D eigenvalue weighted by Crippen LogP contribution is -2.24. The van der Waals surface area contributed by atoms with Gasteiger partial charge in [-0.2, -0.15) is 0 Å². The standard InChI is InChI=1S/C18H24N2O2/c1-2-3-7-12-22-14-9-10-16-15(13-14)18(21)20-11-6-4-5-8-17(20)19-16/h9-10,13H,2-8,11-12H2,1H3. The van der Waals surface area contributed by atoms with Gasteiger partial charge < -0.3 is 4.74 Å². The highest BCUT2D eigenvalue weighted by Crippen LogP contribution is 2.20. The molecule has 0 amide bonds. The summed E-state index contributed by atoms with van der Waals surface area (Å²) in [7, 11) is 0. The molecule has 0 atom stereocenters. The molecular weight excluding hydrogens is 276 g/mol. The third kappa shape index (κ3) is 3.16. The summed E-state index contributed by atoms with van der Waals surface area (Å²) < 4.78 is 7.62. The normalized spacial score (nSPS) is 14.6. The third-order valence-corrected chi connectivity index (χ3v) is 4.30. The van der Waals surface area contributed by atoms with E-state index in [1.807, 2.05) is 22.8 Å². The van der Waals surface area contributed by atoms with Crippen LogP contribution in [0.3, 0.4) is 0 Å². The zero-order valence-electron chi connectivity index (χ0n) is 13.3. The molecule has 1 aliphatic rings. The molecular formula is C18H24N2O2. The van der Waals surface area contributed by atoms with Gasteiger partial charge in [0.2, 0.25) is 0 Å². The Labute approximate surface area is 131 Å². The molecule has 0 N–H and O–H groups in total. The van der Waals surface area contributed by atoms with E-state index in [-0.39, 0.29) is 5.56 Å². The summed E-state index contributed by atoms with van der Waals surface area (Å²) in [6.45, 7) is 3.67. The van der Waals surface area contributed by atoms with Gasteiger partial charge in [0, 0.05) is 13.0 Å².